The van der Waals surface area contributed by atoms with E-state index in [1.807, 2.05) is 42.5 Å². The highest BCUT2D eigenvalue weighted by atomic mass is 79.9. The molecule has 1 amide bonds. The lowest BCUT2D eigenvalue weighted by Gasteiger charge is -2.13. The number of ether oxygens (including phenoxy) is 1. The van der Waals surface area contributed by atoms with Gasteiger partial charge in [0.05, 0.1) is 7.11 Å². The number of carbonyl (C=O) groups excluding carboxylic acids is 1. The van der Waals surface area contributed by atoms with Gasteiger partial charge >= 0.3 is 0 Å². The summed E-state index contributed by atoms with van der Waals surface area (Å²) in [5, 5.41) is 6.11. The van der Waals surface area contributed by atoms with Crippen LogP contribution in [-0.4, -0.2) is 13.0 Å². The maximum atomic E-state index is 12.1. The number of halogens is 1. The Hall–Kier alpha value is -2.01. The van der Waals surface area contributed by atoms with Crippen LogP contribution in [0.1, 0.15) is 11.6 Å². The third-order valence-corrected chi connectivity index (χ3v) is 3.72. The minimum absolute atomic E-state index is 0.0547. The van der Waals surface area contributed by atoms with E-state index in [1.54, 1.807) is 7.11 Å². The lowest BCUT2D eigenvalue weighted by atomic mass is 10.1. The van der Waals surface area contributed by atoms with Crippen molar-refractivity contribution in [2.24, 2.45) is 0 Å². The van der Waals surface area contributed by atoms with Crippen molar-refractivity contribution in [1.82, 2.24) is 0 Å². The van der Waals surface area contributed by atoms with E-state index in [2.05, 4.69) is 26.6 Å². The minimum atomic E-state index is -0.384. The summed E-state index contributed by atoms with van der Waals surface area (Å²) >= 11 is 3.40. The molecule has 0 aromatic heterocycles. The zero-order chi connectivity index (χ0) is 14.1. The van der Waals surface area contributed by atoms with Crippen molar-refractivity contribution in [1.29, 1.82) is 0 Å². The number of fused-ring (bicyclic) bond motifs is 1. The van der Waals surface area contributed by atoms with Crippen molar-refractivity contribution in [2.75, 3.05) is 17.7 Å². The number of anilines is 2. The Labute approximate surface area is 125 Å². The summed E-state index contributed by atoms with van der Waals surface area (Å²) in [7, 11) is 1.62. The van der Waals surface area contributed by atoms with Gasteiger partial charge in [0.25, 0.3) is 5.91 Å². The monoisotopic (exact) mass is 332 g/mol. The molecule has 102 valence electrons. The zero-order valence-corrected chi connectivity index (χ0v) is 12.4. The molecule has 0 aliphatic carbocycles. The highest BCUT2D eigenvalue weighted by Gasteiger charge is 2.30. The fourth-order valence-electron chi connectivity index (χ4n) is 2.26. The molecule has 0 saturated carbocycles. The molecule has 0 saturated heterocycles. The second-order valence-corrected chi connectivity index (χ2v) is 5.45. The number of rotatable bonds is 3. The van der Waals surface area contributed by atoms with Crippen molar-refractivity contribution in [3.63, 3.8) is 0 Å². The van der Waals surface area contributed by atoms with Crippen molar-refractivity contribution in [2.45, 2.75) is 6.04 Å². The first-order chi connectivity index (χ1) is 9.67. The quantitative estimate of drug-likeness (QED) is 0.903. The van der Waals surface area contributed by atoms with Gasteiger partial charge in [-0.05, 0) is 24.3 Å². The van der Waals surface area contributed by atoms with E-state index < -0.39 is 0 Å². The van der Waals surface area contributed by atoms with Crippen molar-refractivity contribution in [3.05, 3.63) is 52.5 Å². The molecule has 0 radical (unpaired) electrons. The van der Waals surface area contributed by atoms with Gasteiger partial charge in [-0.1, -0.05) is 28.1 Å². The molecule has 2 N–H and O–H groups in total. The summed E-state index contributed by atoms with van der Waals surface area (Å²) in [6.07, 6.45) is 0. The Morgan fingerprint density at radius 1 is 1.25 bits per heavy atom. The van der Waals surface area contributed by atoms with E-state index in [-0.39, 0.29) is 11.9 Å². The summed E-state index contributed by atoms with van der Waals surface area (Å²) in [6, 6.07) is 12.9. The topological polar surface area (TPSA) is 50.4 Å². The van der Waals surface area contributed by atoms with Crippen LogP contribution in [0.4, 0.5) is 11.4 Å². The Morgan fingerprint density at radius 3 is 2.90 bits per heavy atom. The average Bonchev–Trinajstić information content (AvgIpc) is 2.74. The van der Waals surface area contributed by atoms with Gasteiger partial charge in [-0.3, -0.25) is 4.79 Å². The second-order valence-electron chi connectivity index (χ2n) is 4.53. The normalized spacial score (nSPS) is 16.5. The lowest BCUT2D eigenvalue weighted by molar-refractivity contribution is -0.116. The van der Waals surface area contributed by atoms with Crippen LogP contribution in [0, 0.1) is 0 Å². The smallest absolute Gasteiger partial charge is 0.251 e. The summed E-state index contributed by atoms with van der Waals surface area (Å²) in [5.41, 5.74) is 2.63. The van der Waals surface area contributed by atoms with Crippen LogP contribution in [0.3, 0.4) is 0 Å². The number of hydrogen-bond donors (Lipinski definition) is 2. The van der Waals surface area contributed by atoms with Crippen LogP contribution < -0.4 is 15.4 Å². The number of carbonyl (C=O) groups is 1. The van der Waals surface area contributed by atoms with E-state index in [0.717, 1.165) is 27.2 Å². The summed E-state index contributed by atoms with van der Waals surface area (Å²) < 4.78 is 6.13. The molecule has 0 fully saturated rings. The van der Waals surface area contributed by atoms with Gasteiger partial charge in [-0.25, -0.2) is 0 Å². The second kappa shape index (κ2) is 5.17. The van der Waals surface area contributed by atoms with E-state index in [0.29, 0.717) is 0 Å². The van der Waals surface area contributed by atoms with Crippen molar-refractivity contribution < 1.29 is 9.53 Å². The molecule has 0 spiro atoms. The van der Waals surface area contributed by atoms with Crippen LogP contribution in [0.2, 0.25) is 0 Å². The van der Waals surface area contributed by atoms with Crippen LogP contribution in [0.5, 0.6) is 5.75 Å². The molecule has 1 aliphatic heterocycles. The highest BCUT2D eigenvalue weighted by Crippen LogP contribution is 2.35. The van der Waals surface area contributed by atoms with Gasteiger partial charge in [-0.15, -0.1) is 0 Å². The molecule has 2 aromatic rings. The molecule has 20 heavy (non-hydrogen) atoms. The largest absolute Gasteiger partial charge is 0.497 e. The van der Waals surface area contributed by atoms with Gasteiger partial charge in [0.15, 0.2) is 0 Å². The molecule has 3 rings (SSSR count). The molecule has 1 unspecified atom stereocenters. The molecule has 0 bridgehead atoms. The number of nitrogens with one attached hydrogen (secondary N) is 2. The molecular formula is C15H13BrN2O2. The standard InChI is InChI=1S/C15H13BrN2O2/c1-20-11-4-2-3-10(8-11)17-14-12-6-5-9(16)7-13(12)18-15(14)19/h2-8,14,17H,1H3,(H,18,19). The maximum absolute atomic E-state index is 12.1. The molecular weight excluding hydrogens is 320 g/mol. The number of benzene rings is 2. The molecule has 1 aliphatic rings. The van der Waals surface area contributed by atoms with Gasteiger partial charge in [0, 0.05) is 27.5 Å². The van der Waals surface area contributed by atoms with Crippen molar-refractivity contribution >= 4 is 33.2 Å². The first-order valence-corrected chi connectivity index (χ1v) is 6.97. The number of hydrogen-bond acceptors (Lipinski definition) is 3. The Kier molecular flexibility index (Phi) is 3.36. The Bertz CT molecular complexity index is 673. The Balaban J connectivity index is 1.90. The van der Waals surface area contributed by atoms with Crippen LogP contribution >= 0.6 is 15.9 Å². The predicted molar refractivity (Wildman–Crippen MR) is 82.1 cm³/mol. The molecule has 4 nitrogen and oxygen atoms in total. The number of amides is 1. The maximum Gasteiger partial charge on any atom is 0.251 e. The summed E-state index contributed by atoms with van der Waals surface area (Å²) in [5.74, 6) is 0.699. The first kappa shape index (κ1) is 13.0. The predicted octanol–water partition coefficient (Wildman–Crippen LogP) is 3.56. The fourth-order valence-corrected chi connectivity index (χ4v) is 2.62. The van der Waals surface area contributed by atoms with Gasteiger partial charge in [-0.2, -0.15) is 0 Å². The van der Waals surface area contributed by atoms with Crippen molar-refractivity contribution in [3.8, 4) is 5.75 Å². The van der Waals surface area contributed by atoms with E-state index >= 15 is 0 Å². The van der Waals surface area contributed by atoms with Crippen LogP contribution in [0.15, 0.2) is 46.9 Å². The SMILES string of the molecule is COc1cccc(NC2C(=O)Nc3cc(Br)ccc32)c1. The van der Waals surface area contributed by atoms with E-state index in [4.69, 9.17) is 4.74 Å². The molecule has 2 aromatic carbocycles. The van der Waals surface area contributed by atoms with Crippen LogP contribution in [0.25, 0.3) is 0 Å². The number of methoxy groups -OCH3 is 1. The Morgan fingerprint density at radius 2 is 2.10 bits per heavy atom. The molecule has 5 heteroatoms. The third-order valence-electron chi connectivity index (χ3n) is 3.23. The zero-order valence-electron chi connectivity index (χ0n) is 10.8. The molecule has 1 atom stereocenters. The van der Waals surface area contributed by atoms with E-state index in [1.165, 1.54) is 0 Å². The summed E-state index contributed by atoms with van der Waals surface area (Å²) in [6.45, 7) is 0. The summed E-state index contributed by atoms with van der Waals surface area (Å²) in [4.78, 5) is 12.1. The first-order valence-electron chi connectivity index (χ1n) is 6.18. The average molecular weight is 333 g/mol. The fraction of sp³-hybridized carbons (Fsp3) is 0.133. The molecule has 1 heterocycles. The minimum Gasteiger partial charge on any atom is -0.497 e. The third kappa shape index (κ3) is 2.36. The van der Waals surface area contributed by atoms with Crippen LogP contribution in [-0.2, 0) is 4.79 Å². The van der Waals surface area contributed by atoms with Gasteiger partial charge < -0.3 is 15.4 Å². The highest BCUT2D eigenvalue weighted by molar-refractivity contribution is 9.10. The lowest BCUT2D eigenvalue weighted by Crippen LogP contribution is -2.19. The van der Waals surface area contributed by atoms with E-state index in [9.17, 15) is 4.79 Å². The van der Waals surface area contributed by atoms with Gasteiger partial charge in [0.1, 0.15) is 11.8 Å². The van der Waals surface area contributed by atoms with Gasteiger partial charge in [0.2, 0.25) is 0 Å².